The first-order valence-electron chi connectivity index (χ1n) is 8.75. The zero-order valence-electron chi connectivity index (χ0n) is 15.7. The number of ether oxygens (including phenoxy) is 1. The number of hydrogen-bond acceptors (Lipinski definition) is 6. The smallest absolute Gasteiger partial charge is 0.330 e. The van der Waals surface area contributed by atoms with E-state index in [0.717, 1.165) is 6.42 Å². The van der Waals surface area contributed by atoms with Gasteiger partial charge in [-0.15, -0.1) is 0 Å². The van der Waals surface area contributed by atoms with Gasteiger partial charge in [-0.25, -0.2) is 4.79 Å². The zero-order valence-corrected chi connectivity index (χ0v) is 17.3. The predicted octanol–water partition coefficient (Wildman–Crippen LogP) is 1.97. The van der Waals surface area contributed by atoms with Crippen molar-refractivity contribution in [2.24, 2.45) is 0 Å². The number of methoxy groups -OCH3 is 1. The Morgan fingerprint density at radius 1 is 1.43 bits per heavy atom. The summed E-state index contributed by atoms with van der Waals surface area (Å²) in [4.78, 5) is 40.7. The molecule has 0 spiro atoms. The number of anilines is 2. The summed E-state index contributed by atoms with van der Waals surface area (Å²) in [6.07, 6.45) is 4.29. The van der Waals surface area contributed by atoms with Gasteiger partial charge in [0.05, 0.1) is 6.61 Å². The number of aromatic amines is 1. The van der Waals surface area contributed by atoms with Crippen molar-refractivity contribution in [2.75, 3.05) is 30.9 Å². The van der Waals surface area contributed by atoms with Crippen molar-refractivity contribution in [1.29, 1.82) is 0 Å². The Morgan fingerprint density at radius 3 is 2.79 bits per heavy atom. The Bertz CT molecular complexity index is 960. The average molecular weight is 455 g/mol. The lowest BCUT2D eigenvalue weighted by Crippen LogP contribution is -2.42. The summed E-state index contributed by atoms with van der Waals surface area (Å²) in [5.41, 5.74) is 4.70. The average Bonchev–Trinajstić information content (AvgIpc) is 3.07. The molecule has 0 bridgehead atoms. The van der Waals surface area contributed by atoms with E-state index in [1.54, 1.807) is 12.1 Å². The van der Waals surface area contributed by atoms with Gasteiger partial charge >= 0.3 is 5.69 Å². The summed E-state index contributed by atoms with van der Waals surface area (Å²) in [7, 11) is 1.48. The highest BCUT2D eigenvalue weighted by molar-refractivity contribution is 9.10. The van der Waals surface area contributed by atoms with E-state index in [2.05, 4.69) is 20.9 Å². The third-order valence-electron chi connectivity index (χ3n) is 3.99. The zero-order chi connectivity index (χ0) is 20.7. The lowest BCUT2D eigenvalue weighted by atomic mass is 10.3. The van der Waals surface area contributed by atoms with Crippen LogP contribution in [0.2, 0.25) is 0 Å². The van der Waals surface area contributed by atoms with Crippen molar-refractivity contribution in [1.82, 2.24) is 9.55 Å². The van der Waals surface area contributed by atoms with E-state index in [4.69, 9.17) is 14.9 Å². The second kappa shape index (κ2) is 10.1. The van der Waals surface area contributed by atoms with Crippen LogP contribution >= 0.6 is 15.9 Å². The maximum atomic E-state index is 12.8. The fraction of sp³-hybridized carbons (Fsp3) is 0.389. The number of nitrogens with zero attached hydrogens (tertiary/aromatic N) is 2. The van der Waals surface area contributed by atoms with E-state index in [1.807, 2.05) is 6.92 Å². The minimum absolute atomic E-state index is 0.0548. The number of amides is 1. The summed E-state index contributed by atoms with van der Waals surface area (Å²) in [6, 6.07) is 3.37. The van der Waals surface area contributed by atoms with Crippen LogP contribution in [0.5, 0.6) is 0 Å². The molecule has 0 saturated carbocycles. The van der Waals surface area contributed by atoms with Crippen LogP contribution in [0.25, 0.3) is 6.08 Å². The molecule has 0 fully saturated rings. The van der Waals surface area contributed by atoms with E-state index >= 15 is 0 Å². The van der Waals surface area contributed by atoms with Crippen LogP contribution in [0.3, 0.4) is 0 Å². The van der Waals surface area contributed by atoms with E-state index in [0.29, 0.717) is 23.4 Å². The topological polar surface area (TPSA) is 124 Å². The lowest BCUT2D eigenvalue weighted by Gasteiger charge is -2.23. The molecule has 0 unspecified atom stereocenters. The number of H-pyrrole nitrogens is 1. The van der Waals surface area contributed by atoms with Gasteiger partial charge in [0.15, 0.2) is 10.4 Å². The molecule has 2 heterocycles. The molecule has 152 valence electrons. The summed E-state index contributed by atoms with van der Waals surface area (Å²) < 4.78 is 12.2. The van der Waals surface area contributed by atoms with Gasteiger partial charge in [-0.05, 0) is 40.6 Å². The summed E-state index contributed by atoms with van der Waals surface area (Å²) in [5, 5.41) is 0. The number of carbonyl (C=O) groups is 1. The number of carbonyl (C=O) groups excluding carboxylic acids is 1. The minimum atomic E-state index is -0.728. The van der Waals surface area contributed by atoms with Gasteiger partial charge in [0.2, 0.25) is 0 Å². The standard InChI is InChI=1S/C18H23BrN4O5/c1-3-4-9-23-16(20)15(17(25)21-18(23)26)22(10-11-27-2)14(24)8-6-12-5-7-13(19)28-12/h5-8H,3-4,9-11,20H2,1-2H3,(H,21,25,26)/b8-6+. The Morgan fingerprint density at radius 2 is 2.18 bits per heavy atom. The molecule has 0 saturated heterocycles. The van der Waals surface area contributed by atoms with Crippen molar-refractivity contribution < 1.29 is 13.9 Å². The van der Waals surface area contributed by atoms with Crippen molar-refractivity contribution in [3.8, 4) is 0 Å². The Hall–Kier alpha value is -2.59. The number of nitrogens with two attached hydrogens (primary N) is 1. The van der Waals surface area contributed by atoms with E-state index < -0.39 is 17.2 Å². The van der Waals surface area contributed by atoms with Crippen LogP contribution < -0.4 is 21.9 Å². The number of nitrogens with one attached hydrogen (secondary N) is 1. The van der Waals surface area contributed by atoms with Crippen LogP contribution in [0, 0.1) is 0 Å². The third kappa shape index (κ3) is 5.23. The van der Waals surface area contributed by atoms with Gasteiger partial charge in [0.25, 0.3) is 11.5 Å². The highest BCUT2D eigenvalue weighted by Crippen LogP contribution is 2.19. The number of hydrogen-bond donors (Lipinski definition) is 2. The van der Waals surface area contributed by atoms with Crippen molar-refractivity contribution in [3.63, 3.8) is 0 Å². The largest absolute Gasteiger partial charge is 0.450 e. The molecule has 9 nitrogen and oxygen atoms in total. The molecular formula is C18H23BrN4O5. The number of aromatic nitrogens is 2. The molecule has 0 aliphatic carbocycles. The quantitative estimate of drug-likeness (QED) is 0.558. The highest BCUT2D eigenvalue weighted by atomic mass is 79.9. The number of unbranched alkanes of at least 4 members (excludes halogenated alkanes) is 1. The number of rotatable bonds is 9. The van der Waals surface area contributed by atoms with Gasteiger partial charge in [0, 0.05) is 26.3 Å². The van der Waals surface area contributed by atoms with Crippen LogP contribution in [-0.2, 0) is 16.1 Å². The monoisotopic (exact) mass is 454 g/mol. The summed E-state index contributed by atoms with van der Waals surface area (Å²) in [5.74, 6) is -0.0926. The molecule has 2 aromatic rings. The van der Waals surface area contributed by atoms with Crippen molar-refractivity contribution in [2.45, 2.75) is 26.3 Å². The first-order valence-corrected chi connectivity index (χ1v) is 9.54. The van der Waals surface area contributed by atoms with E-state index in [9.17, 15) is 14.4 Å². The van der Waals surface area contributed by atoms with Crippen molar-refractivity contribution >= 4 is 39.4 Å². The second-order valence-corrected chi connectivity index (χ2v) is 6.74. The van der Waals surface area contributed by atoms with Crippen LogP contribution in [-0.4, -0.2) is 35.7 Å². The highest BCUT2D eigenvalue weighted by Gasteiger charge is 2.22. The van der Waals surface area contributed by atoms with Crippen LogP contribution in [0.1, 0.15) is 25.5 Å². The molecule has 0 atom stereocenters. The Balaban J connectivity index is 2.44. The molecule has 1 amide bonds. The number of halogens is 1. The molecule has 10 heteroatoms. The SMILES string of the molecule is CCCCn1c(N)c(N(CCOC)C(=O)/C=C/c2ccc(Br)o2)c(=O)[nH]c1=O. The molecular weight excluding hydrogens is 432 g/mol. The first-order chi connectivity index (χ1) is 13.4. The maximum Gasteiger partial charge on any atom is 0.330 e. The van der Waals surface area contributed by atoms with Gasteiger partial charge in [0.1, 0.15) is 11.6 Å². The molecule has 0 aliphatic rings. The molecule has 0 aromatic carbocycles. The van der Waals surface area contributed by atoms with E-state index in [1.165, 1.54) is 28.7 Å². The maximum absolute atomic E-state index is 12.8. The van der Waals surface area contributed by atoms with Crippen LogP contribution in [0.15, 0.2) is 36.9 Å². The van der Waals surface area contributed by atoms with Crippen molar-refractivity contribution in [3.05, 3.63) is 49.5 Å². The van der Waals surface area contributed by atoms with E-state index in [-0.39, 0.29) is 24.7 Å². The first kappa shape index (κ1) is 21.7. The number of furan rings is 1. The fourth-order valence-electron chi connectivity index (χ4n) is 2.55. The molecule has 2 aromatic heterocycles. The summed E-state index contributed by atoms with van der Waals surface area (Å²) in [6.45, 7) is 2.58. The predicted molar refractivity (Wildman–Crippen MR) is 110 cm³/mol. The lowest BCUT2D eigenvalue weighted by molar-refractivity contribution is -0.114. The Labute approximate surface area is 169 Å². The third-order valence-corrected chi connectivity index (χ3v) is 4.41. The molecule has 0 radical (unpaired) electrons. The molecule has 2 rings (SSSR count). The minimum Gasteiger partial charge on any atom is -0.450 e. The molecule has 28 heavy (non-hydrogen) atoms. The number of nitrogen functional groups attached to an aromatic ring is 1. The van der Waals surface area contributed by atoms with Gasteiger partial charge in [-0.2, -0.15) is 0 Å². The van der Waals surface area contributed by atoms with Crippen LogP contribution in [0.4, 0.5) is 11.5 Å². The fourth-order valence-corrected chi connectivity index (χ4v) is 2.87. The molecule has 3 N–H and O–H groups in total. The molecule has 0 aliphatic heterocycles. The van der Waals surface area contributed by atoms with Gasteiger partial charge in [-0.3, -0.25) is 24.0 Å². The summed E-state index contributed by atoms with van der Waals surface area (Å²) >= 11 is 3.19. The Kier molecular flexibility index (Phi) is 7.82. The van der Waals surface area contributed by atoms with Gasteiger partial charge < -0.3 is 14.9 Å². The van der Waals surface area contributed by atoms with Gasteiger partial charge in [-0.1, -0.05) is 13.3 Å². The second-order valence-electron chi connectivity index (χ2n) is 5.96. The normalized spacial score (nSPS) is 11.2.